The third-order valence-corrected chi connectivity index (χ3v) is 9.35. The minimum absolute atomic E-state index is 0.0747. The molecule has 12 heteroatoms. The molecule has 4 rings (SSSR count). The number of hydrogen-bond donors (Lipinski definition) is 3. The zero-order chi connectivity index (χ0) is 34.2. The van der Waals surface area contributed by atoms with Gasteiger partial charge < -0.3 is 30.5 Å². The molecule has 2 heterocycles. The van der Waals surface area contributed by atoms with E-state index >= 15 is 0 Å². The number of urea groups is 1. The van der Waals surface area contributed by atoms with Crippen LogP contribution >= 0.6 is 23.2 Å². The van der Waals surface area contributed by atoms with E-state index in [1.165, 1.54) is 0 Å². The minimum atomic E-state index is -0.904. The quantitative estimate of drug-likeness (QED) is 0.318. The number of piperidine rings is 2. The molecule has 0 saturated carbocycles. The van der Waals surface area contributed by atoms with Crippen molar-refractivity contribution < 1.29 is 23.9 Å². The van der Waals surface area contributed by atoms with Gasteiger partial charge in [-0.2, -0.15) is 0 Å². The number of hydrogen-bond acceptors (Lipinski definition) is 5. The number of likely N-dealkylation sites (tertiary alicyclic amines) is 2. The van der Waals surface area contributed by atoms with Crippen LogP contribution < -0.4 is 16.0 Å². The van der Waals surface area contributed by atoms with Crippen molar-refractivity contribution in [2.45, 2.75) is 83.9 Å². The highest BCUT2D eigenvalue weighted by atomic mass is 35.5. The van der Waals surface area contributed by atoms with Crippen LogP contribution in [0.2, 0.25) is 10.0 Å². The van der Waals surface area contributed by atoms with Crippen molar-refractivity contribution >= 4 is 47.1 Å². The molecule has 0 spiro atoms. The molecule has 3 N–H and O–H groups in total. The van der Waals surface area contributed by atoms with Gasteiger partial charge in [0.2, 0.25) is 11.8 Å². The van der Waals surface area contributed by atoms with Crippen LogP contribution in [-0.2, 0) is 27.2 Å². The second-order valence-corrected chi connectivity index (χ2v) is 14.3. The smallest absolute Gasteiger partial charge is 0.407 e. The van der Waals surface area contributed by atoms with E-state index in [0.29, 0.717) is 68.3 Å². The van der Waals surface area contributed by atoms with Crippen LogP contribution in [-0.4, -0.2) is 84.1 Å². The number of nitrogens with one attached hydrogen (secondary N) is 3. The van der Waals surface area contributed by atoms with Gasteiger partial charge in [-0.1, -0.05) is 59.6 Å². The average molecular weight is 689 g/mol. The lowest BCUT2D eigenvalue weighted by molar-refractivity contribution is -0.142. The zero-order valence-electron chi connectivity index (χ0n) is 27.7. The molecule has 2 atom stereocenters. The maximum absolute atomic E-state index is 14.3. The summed E-state index contributed by atoms with van der Waals surface area (Å²) in [7, 11) is 0. The van der Waals surface area contributed by atoms with Gasteiger partial charge in [0.05, 0.1) is 15.5 Å². The molecular formula is C35H47Cl2N5O5. The SMILES string of the molecule is CCNC(=O)[C@]1(Cc2ccccc2)CCCN(C(=O)C(Cc2ccc(Cl)c(Cl)c2)NC(=O)N2CCC(NC(=O)OC(C)(C)C)CC2)C1. The molecule has 0 aliphatic carbocycles. The summed E-state index contributed by atoms with van der Waals surface area (Å²) in [5.41, 5.74) is 0.371. The first-order valence-corrected chi connectivity index (χ1v) is 17.1. The lowest BCUT2D eigenvalue weighted by Crippen LogP contribution is -2.59. The zero-order valence-corrected chi connectivity index (χ0v) is 29.3. The summed E-state index contributed by atoms with van der Waals surface area (Å²) in [5.74, 6) is -0.332. The number of carbonyl (C=O) groups is 4. The Bertz CT molecular complexity index is 1410. The van der Waals surface area contributed by atoms with Crippen molar-refractivity contribution in [3.63, 3.8) is 0 Å². The lowest BCUT2D eigenvalue weighted by atomic mass is 9.74. The molecule has 0 aromatic heterocycles. The minimum Gasteiger partial charge on any atom is -0.444 e. The second kappa shape index (κ2) is 16.1. The highest BCUT2D eigenvalue weighted by Crippen LogP contribution is 2.35. The first-order chi connectivity index (χ1) is 22.3. The number of halogens is 2. The van der Waals surface area contributed by atoms with Crippen molar-refractivity contribution in [3.05, 3.63) is 69.7 Å². The van der Waals surface area contributed by atoms with Gasteiger partial charge in [0.1, 0.15) is 11.6 Å². The van der Waals surface area contributed by atoms with Crippen LogP contribution in [0.5, 0.6) is 0 Å². The van der Waals surface area contributed by atoms with Crippen molar-refractivity contribution in [2.75, 3.05) is 32.7 Å². The second-order valence-electron chi connectivity index (χ2n) is 13.5. The fraction of sp³-hybridized carbons (Fsp3) is 0.543. The Morgan fingerprint density at radius 2 is 1.66 bits per heavy atom. The maximum Gasteiger partial charge on any atom is 0.407 e. The van der Waals surface area contributed by atoms with Crippen molar-refractivity contribution in [1.82, 2.24) is 25.8 Å². The first-order valence-electron chi connectivity index (χ1n) is 16.4. The predicted octanol–water partition coefficient (Wildman–Crippen LogP) is 5.59. The molecule has 2 saturated heterocycles. The molecule has 5 amide bonds. The van der Waals surface area contributed by atoms with Gasteiger partial charge in [0.15, 0.2) is 0 Å². The molecule has 2 aromatic carbocycles. The van der Waals surface area contributed by atoms with Crippen LogP contribution in [0.3, 0.4) is 0 Å². The van der Waals surface area contributed by atoms with Gasteiger partial charge >= 0.3 is 12.1 Å². The Morgan fingerprint density at radius 1 is 0.957 bits per heavy atom. The van der Waals surface area contributed by atoms with E-state index in [1.807, 2.05) is 58.0 Å². The van der Waals surface area contributed by atoms with Gasteiger partial charge in [-0.05, 0) is 83.1 Å². The van der Waals surface area contributed by atoms with Crippen molar-refractivity contribution in [3.8, 4) is 0 Å². The standard InChI is InChI=1S/C35H47Cl2N5O5/c1-5-38-31(44)35(22-24-10-7-6-8-11-24)16-9-17-42(23-35)30(43)29(21-25-12-13-27(36)28(37)20-25)40-32(45)41-18-14-26(15-19-41)39-33(46)47-34(2,3)4/h6-8,10-13,20,26,29H,5,9,14-19,21-23H2,1-4H3,(H,38,44)(H,39,46)(H,40,45)/t29?,35-/m0/s1. The average Bonchev–Trinajstić information content (AvgIpc) is 3.02. The van der Waals surface area contributed by atoms with Crippen LogP contribution in [0.15, 0.2) is 48.5 Å². The molecule has 0 radical (unpaired) electrons. The summed E-state index contributed by atoms with van der Waals surface area (Å²) in [4.78, 5) is 57.1. The number of benzene rings is 2. The van der Waals surface area contributed by atoms with Crippen molar-refractivity contribution in [2.24, 2.45) is 5.41 Å². The molecule has 2 aromatic rings. The van der Waals surface area contributed by atoms with Gasteiger partial charge in [-0.3, -0.25) is 9.59 Å². The van der Waals surface area contributed by atoms with Crippen LogP contribution in [0.4, 0.5) is 9.59 Å². The third kappa shape index (κ3) is 10.2. The van der Waals surface area contributed by atoms with E-state index in [2.05, 4.69) is 16.0 Å². The van der Waals surface area contributed by atoms with Crippen LogP contribution in [0.25, 0.3) is 0 Å². The largest absolute Gasteiger partial charge is 0.444 e. The van der Waals surface area contributed by atoms with Crippen molar-refractivity contribution in [1.29, 1.82) is 0 Å². The highest BCUT2D eigenvalue weighted by Gasteiger charge is 2.44. The van der Waals surface area contributed by atoms with E-state index in [-0.39, 0.29) is 36.9 Å². The highest BCUT2D eigenvalue weighted by molar-refractivity contribution is 6.42. The monoisotopic (exact) mass is 687 g/mol. The van der Waals surface area contributed by atoms with Gasteiger partial charge in [-0.15, -0.1) is 0 Å². The lowest BCUT2D eigenvalue weighted by Gasteiger charge is -2.43. The number of alkyl carbamates (subject to hydrolysis) is 1. The number of amides is 5. The van der Waals surface area contributed by atoms with Crippen LogP contribution in [0.1, 0.15) is 64.5 Å². The summed E-state index contributed by atoms with van der Waals surface area (Å²) in [5, 5.41) is 9.64. The Balaban J connectivity index is 1.50. The molecule has 0 bridgehead atoms. The first kappa shape index (κ1) is 36.3. The molecule has 47 heavy (non-hydrogen) atoms. The number of carbonyl (C=O) groups excluding carboxylic acids is 4. The molecular weight excluding hydrogens is 641 g/mol. The van der Waals surface area contributed by atoms with E-state index in [0.717, 1.165) is 11.1 Å². The Hall–Kier alpha value is -3.50. The topological polar surface area (TPSA) is 120 Å². The van der Waals surface area contributed by atoms with E-state index in [4.69, 9.17) is 27.9 Å². The summed E-state index contributed by atoms with van der Waals surface area (Å²) < 4.78 is 5.37. The van der Waals surface area contributed by atoms with Gasteiger partial charge in [-0.25, -0.2) is 9.59 Å². The Morgan fingerprint density at radius 3 is 2.30 bits per heavy atom. The predicted molar refractivity (Wildman–Crippen MR) is 184 cm³/mol. The number of nitrogens with zero attached hydrogens (tertiary/aromatic N) is 2. The molecule has 2 aliphatic rings. The fourth-order valence-electron chi connectivity index (χ4n) is 6.33. The summed E-state index contributed by atoms with van der Waals surface area (Å²) in [6.07, 6.45) is 2.62. The maximum atomic E-state index is 14.3. The number of ether oxygens (including phenoxy) is 1. The normalized spacial score (nSPS) is 19.4. The molecule has 2 fully saturated rings. The molecule has 256 valence electrons. The summed E-state index contributed by atoms with van der Waals surface area (Å²) in [6.45, 7) is 9.32. The summed E-state index contributed by atoms with van der Waals surface area (Å²) >= 11 is 12.5. The Kier molecular flexibility index (Phi) is 12.4. The van der Waals surface area contributed by atoms with E-state index < -0.39 is 23.2 Å². The summed E-state index contributed by atoms with van der Waals surface area (Å²) in [6, 6.07) is 13.6. The molecule has 2 aliphatic heterocycles. The third-order valence-electron chi connectivity index (χ3n) is 8.62. The number of rotatable bonds is 9. The van der Waals surface area contributed by atoms with Gasteiger partial charge in [0.25, 0.3) is 0 Å². The Labute approximate surface area is 287 Å². The van der Waals surface area contributed by atoms with Gasteiger partial charge in [0, 0.05) is 45.2 Å². The van der Waals surface area contributed by atoms with Crippen LogP contribution in [0, 0.1) is 5.41 Å². The molecule has 10 nitrogen and oxygen atoms in total. The van der Waals surface area contributed by atoms with E-state index in [1.54, 1.807) is 28.0 Å². The van der Waals surface area contributed by atoms with E-state index in [9.17, 15) is 19.2 Å². The fourth-order valence-corrected chi connectivity index (χ4v) is 6.65. The molecule has 1 unspecified atom stereocenters.